The number of nitrogens with zero attached hydrogens (tertiary/aromatic N) is 1. The highest BCUT2D eigenvalue weighted by Crippen LogP contribution is 2.30. The molecule has 1 aromatic carbocycles. The zero-order chi connectivity index (χ0) is 20.0. The molecule has 1 amide bonds. The third-order valence-corrected chi connectivity index (χ3v) is 4.85. The van der Waals surface area contributed by atoms with Crippen molar-refractivity contribution in [2.24, 2.45) is 0 Å². The Kier molecular flexibility index (Phi) is 7.12. The number of rotatable bonds is 8. The first-order chi connectivity index (χ1) is 12.7. The Hall–Kier alpha value is -2.22. The van der Waals surface area contributed by atoms with E-state index < -0.39 is 12.8 Å². The Balaban J connectivity index is 1.91. The highest BCUT2D eigenvalue weighted by molar-refractivity contribution is 7.11. The number of methoxy groups -OCH3 is 1. The number of halogens is 3. The number of carbonyl (C=O) groups is 1. The molecule has 4 nitrogen and oxygen atoms in total. The van der Waals surface area contributed by atoms with Crippen molar-refractivity contribution < 1.29 is 27.4 Å². The van der Waals surface area contributed by atoms with Crippen molar-refractivity contribution in [3.63, 3.8) is 0 Å². The summed E-state index contributed by atoms with van der Waals surface area (Å²) < 4.78 is 46.7. The molecule has 0 spiro atoms. The monoisotopic (exact) mass is 401 g/mol. The fourth-order valence-electron chi connectivity index (χ4n) is 2.48. The number of carbonyl (C=O) groups excluding carboxylic acids is 1. The smallest absolute Gasteiger partial charge is 0.422 e. The summed E-state index contributed by atoms with van der Waals surface area (Å²) in [6.07, 6.45) is -3.66. The molecule has 1 heterocycles. The van der Waals surface area contributed by atoms with Gasteiger partial charge in [-0.1, -0.05) is 6.07 Å². The lowest BCUT2D eigenvalue weighted by atomic mass is 10.1. The molecule has 0 saturated heterocycles. The molecular formula is C19H22F3NO3S. The van der Waals surface area contributed by atoms with Crippen LogP contribution in [0.5, 0.6) is 11.5 Å². The predicted octanol–water partition coefficient (Wildman–Crippen LogP) is 4.60. The molecule has 0 aliphatic heterocycles. The summed E-state index contributed by atoms with van der Waals surface area (Å²) >= 11 is 1.66. The van der Waals surface area contributed by atoms with Crippen LogP contribution in [-0.2, 0) is 17.8 Å². The average Bonchev–Trinajstić information content (AvgIpc) is 3.02. The molecule has 0 saturated carbocycles. The lowest BCUT2D eigenvalue weighted by Crippen LogP contribution is -2.26. The van der Waals surface area contributed by atoms with Gasteiger partial charge in [0, 0.05) is 23.2 Å². The van der Waals surface area contributed by atoms with E-state index in [2.05, 4.69) is 0 Å². The number of thiophene rings is 1. The Labute approximate surface area is 160 Å². The lowest BCUT2D eigenvalue weighted by Gasteiger charge is -2.17. The van der Waals surface area contributed by atoms with Crippen molar-refractivity contribution >= 4 is 17.2 Å². The first kappa shape index (κ1) is 21.1. The molecule has 0 bridgehead atoms. The van der Waals surface area contributed by atoms with Gasteiger partial charge < -0.3 is 14.4 Å². The van der Waals surface area contributed by atoms with E-state index in [0.717, 1.165) is 10.4 Å². The SMILES string of the molecule is COc1cc(CCC(=O)N(C)Cc2ccc(C)s2)ccc1OCC(F)(F)F. The first-order valence-corrected chi connectivity index (χ1v) is 9.15. The molecule has 0 N–H and O–H groups in total. The van der Waals surface area contributed by atoms with Gasteiger partial charge in [-0.2, -0.15) is 13.2 Å². The molecule has 8 heteroatoms. The minimum Gasteiger partial charge on any atom is -0.493 e. The van der Waals surface area contributed by atoms with Gasteiger partial charge in [-0.05, 0) is 43.2 Å². The number of alkyl halides is 3. The van der Waals surface area contributed by atoms with Crippen LogP contribution in [0.15, 0.2) is 30.3 Å². The molecule has 148 valence electrons. The quantitative estimate of drug-likeness (QED) is 0.649. The molecule has 2 rings (SSSR count). The van der Waals surface area contributed by atoms with Gasteiger partial charge in [0.05, 0.1) is 13.7 Å². The largest absolute Gasteiger partial charge is 0.493 e. The molecule has 0 unspecified atom stereocenters. The van der Waals surface area contributed by atoms with Gasteiger partial charge >= 0.3 is 6.18 Å². The van der Waals surface area contributed by atoms with Gasteiger partial charge in [0.15, 0.2) is 18.1 Å². The molecule has 0 aliphatic carbocycles. The summed E-state index contributed by atoms with van der Waals surface area (Å²) in [5.74, 6) is 0.235. The minimum atomic E-state index is -4.41. The number of amides is 1. The second kappa shape index (κ2) is 9.12. The zero-order valence-corrected chi connectivity index (χ0v) is 16.2. The Bertz CT molecular complexity index is 774. The predicted molar refractivity (Wildman–Crippen MR) is 98.4 cm³/mol. The number of aryl methyl sites for hydroxylation is 2. The van der Waals surface area contributed by atoms with E-state index in [-0.39, 0.29) is 17.4 Å². The number of benzene rings is 1. The number of hydrogen-bond acceptors (Lipinski definition) is 4. The summed E-state index contributed by atoms with van der Waals surface area (Å²) in [7, 11) is 3.12. The normalized spacial score (nSPS) is 11.3. The second-order valence-electron chi connectivity index (χ2n) is 6.15. The topological polar surface area (TPSA) is 38.8 Å². The third kappa shape index (κ3) is 6.78. The van der Waals surface area contributed by atoms with Crippen molar-refractivity contribution in [3.05, 3.63) is 45.6 Å². The van der Waals surface area contributed by atoms with Crippen LogP contribution in [-0.4, -0.2) is 37.7 Å². The van der Waals surface area contributed by atoms with Crippen molar-refractivity contribution in [1.29, 1.82) is 0 Å². The summed E-state index contributed by atoms with van der Waals surface area (Å²) in [6.45, 7) is 1.20. The molecule has 0 aliphatic rings. The van der Waals surface area contributed by atoms with Crippen LogP contribution in [0.3, 0.4) is 0 Å². The Morgan fingerprint density at radius 2 is 1.93 bits per heavy atom. The van der Waals surface area contributed by atoms with Crippen molar-refractivity contribution in [2.75, 3.05) is 20.8 Å². The summed E-state index contributed by atoms with van der Waals surface area (Å²) in [4.78, 5) is 16.3. The van der Waals surface area contributed by atoms with Crippen LogP contribution in [0.2, 0.25) is 0 Å². The fourth-order valence-corrected chi connectivity index (χ4v) is 3.42. The average molecular weight is 401 g/mol. The third-order valence-electron chi connectivity index (χ3n) is 3.86. The number of hydrogen-bond donors (Lipinski definition) is 0. The van der Waals surface area contributed by atoms with E-state index in [1.54, 1.807) is 35.4 Å². The van der Waals surface area contributed by atoms with Crippen LogP contribution in [0.1, 0.15) is 21.7 Å². The van der Waals surface area contributed by atoms with Gasteiger partial charge in [-0.25, -0.2) is 0 Å². The van der Waals surface area contributed by atoms with Crippen LogP contribution in [0.25, 0.3) is 0 Å². The maximum Gasteiger partial charge on any atom is 0.422 e. The fraction of sp³-hybridized carbons (Fsp3) is 0.421. The van der Waals surface area contributed by atoms with Crippen molar-refractivity contribution in [2.45, 2.75) is 32.5 Å². The minimum absolute atomic E-state index is 0.00239. The molecular weight excluding hydrogens is 379 g/mol. The number of ether oxygens (including phenoxy) is 2. The standard InChI is InChI=1S/C19H22F3NO3S/c1-13-4-7-15(27-13)11-23(2)18(24)9-6-14-5-8-16(17(10-14)25-3)26-12-19(20,21)22/h4-5,7-8,10H,6,9,11-12H2,1-3H3. The van der Waals surface area contributed by atoms with Crippen molar-refractivity contribution in [1.82, 2.24) is 4.90 Å². The second-order valence-corrected chi connectivity index (χ2v) is 7.52. The molecule has 0 radical (unpaired) electrons. The van der Waals surface area contributed by atoms with Crippen LogP contribution in [0.4, 0.5) is 13.2 Å². The maximum absolute atomic E-state index is 12.3. The van der Waals surface area contributed by atoms with Gasteiger partial charge in [0.25, 0.3) is 0 Å². The van der Waals surface area contributed by atoms with Gasteiger partial charge in [0.2, 0.25) is 5.91 Å². The first-order valence-electron chi connectivity index (χ1n) is 8.33. The highest BCUT2D eigenvalue weighted by atomic mass is 32.1. The van der Waals surface area contributed by atoms with E-state index >= 15 is 0 Å². The van der Waals surface area contributed by atoms with Gasteiger partial charge in [-0.15, -0.1) is 11.3 Å². The summed E-state index contributed by atoms with van der Waals surface area (Å²) in [5, 5.41) is 0. The van der Waals surface area contributed by atoms with Crippen molar-refractivity contribution in [3.8, 4) is 11.5 Å². The van der Waals surface area contributed by atoms with Gasteiger partial charge in [-0.3, -0.25) is 4.79 Å². The van der Waals surface area contributed by atoms with E-state index in [9.17, 15) is 18.0 Å². The molecule has 0 atom stereocenters. The van der Waals surface area contributed by atoms with E-state index in [0.29, 0.717) is 19.4 Å². The lowest BCUT2D eigenvalue weighted by molar-refractivity contribution is -0.153. The molecule has 27 heavy (non-hydrogen) atoms. The Morgan fingerprint density at radius 1 is 1.19 bits per heavy atom. The Morgan fingerprint density at radius 3 is 2.52 bits per heavy atom. The summed E-state index contributed by atoms with van der Waals surface area (Å²) in [5.41, 5.74) is 0.792. The molecule has 2 aromatic rings. The van der Waals surface area contributed by atoms with E-state index in [1.165, 1.54) is 18.1 Å². The van der Waals surface area contributed by atoms with Crippen LogP contribution < -0.4 is 9.47 Å². The van der Waals surface area contributed by atoms with E-state index in [1.807, 2.05) is 19.1 Å². The molecule has 1 aromatic heterocycles. The van der Waals surface area contributed by atoms with Gasteiger partial charge in [0.1, 0.15) is 0 Å². The maximum atomic E-state index is 12.3. The van der Waals surface area contributed by atoms with Crippen LogP contribution in [0, 0.1) is 6.92 Å². The van der Waals surface area contributed by atoms with E-state index in [4.69, 9.17) is 9.47 Å². The zero-order valence-electron chi connectivity index (χ0n) is 15.4. The highest BCUT2D eigenvalue weighted by Gasteiger charge is 2.29. The summed E-state index contributed by atoms with van der Waals surface area (Å²) in [6, 6.07) is 8.70. The molecule has 0 fully saturated rings. The van der Waals surface area contributed by atoms with Crippen LogP contribution >= 0.6 is 11.3 Å².